The molecule has 0 saturated carbocycles. The van der Waals surface area contributed by atoms with E-state index < -0.39 is 0 Å². The van der Waals surface area contributed by atoms with Crippen LogP contribution in [0.25, 0.3) is 0 Å². The zero-order chi connectivity index (χ0) is 13.4. The van der Waals surface area contributed by atoms with Crippen molar-refractivity contribution in [3.8, 4) is 0 Å². The number of carbonyl (C=O) groups is 1. The molecule has 102 valence electrons. The Hall–Kier alpha value is -1.17. The van der Waals surface area contributed by atoms with Crippen LogP contribution in [0.4, 0.5) is 4.79 Å². The van der Waals surface area contributed by atoms with Gasteiger partial charge in [0.15, 0.2) is 0 Å². The number of amides is 2. The van der Waals surface area contributed by atoms with Gasteiger partial charge < -0.3 is 10.6 Å². The molecule has 18 heavy (non-hydrogen) atoms. The number of nitrogens with one attached hydrogen (secondary N) is 3. The van der Waals surface area contributed by atoms with Gasteiger partial charge in [0, 0.05) is 24.7 Å². The second-order valence-electron chi connectivity index (χ2n) is 4.39. The highest BCUT2D eigenvalue weighted by molar-refractivity contribution is 7.98. The smallest absolute Gasteiger partial charge is 0.315 e. The lowest BCUT2D eigenvalue weighted by Crippen LogP contribution is -2.42. The molecule has 0 aliphatic rings. The summed E-state index contributed by atoms with van der Waals surface area (Å²) in [5.74, 6) is 1.07. The molecule has 0 aliphatic heterocycles. The Bertz CT molecular complexity index is 367. The topological polar surface area (TPSA) is 69.8 Å². The average molecular weight is 270 g/mol. The number of urea groups is 1. The SMILES string of the molecule is CSCCCNC(=O)NC(C)Cc1cc(C)[nH]n1. The number of rotatable bonds is 7. The minimum atomic E-state index is -0.101. The lowest BCUT2D eigenvalue weighted by molar-refractivity contribution is 0.237. The molecule has 1 unspecified atom stereocenters. The number of aryl methyl sites for hydroxylation is 1. The lowest BCUT2D eigenvalue weighted by Gasteiger charge is -2.13. The van der Waals surface area contributed by atoms with Gasteiger partial charge >= 0.3 is 6.03 Å². The summed E-state index contributed by atoms with van der Waals surface area (Å²) in [5, 5.41) is 12.8. The number of carbonyl (C=O) groups excluding carboxylic acids is 1. The molecule has 0 bridgehead atoms. The molecule has 6 heteroatoms. The van der Waals surface area contributed by atoms with Crippen LogP contribution in [0.15, 0.2) is 6.07 Å². The quantitative estimate of drug-likeness (QED) is 0.661. The molecule has 1 atom stereocenters. The van der Waals surface area contributed by atoms with Gasteiger partial charge in [-0.1, -0.05) is 0 Å². The van der Waals surface area contributed by atoms with Gasteiger partial charge in [-0.15, -0.1) is 0 Å². The van der Waals surface area contributed by atoms with Gasteiger partial charge in [0.05, 0.1) is 5.69 Å². The fourth-order valence-electron chi connectivity index (χ4n) is 1.64. The van der Waals surface area contributed by atoms with Crippen LogP contribution in [0.3, 0.4) is 0 Å². The maximum absolute atomic E-state index is 11.6. The number of aromatic amines is 1. The Morgan fingerprint density at radius 2 is 2.39 bits per heavy atom. The molecule has 0 aromatic carbocycles. The van der Waals surface area contributed by atoms with Crippen LogP contribution in [0.2, 0.25) is 0 Å². The molecule has 1 aromatic rings. The van der Waals surface area contributed by atoms with Crippen LogP contribution < -0.4 is 10.6 Å². The highest BCUT2D eigenvalue weighted by Crippen LogP contribution is 2.01. The van der Waals surface area contributed by atoms with E-state index in [1.54, 1.807) is 11.8 Å². The van der Waals surface area contributed by atoms with E-state index in [-0.39, 0.29) is 12.1 Å². The van der Waals surface area contributed by atoms with Crippen molar-refractivity contribution in [2.45, 2.75) is 32.7 Å². The van der Waals surface area contributed by atoms with Gasteiger partial charge in [-0.2, -0.15) is 16.9 Å². The van der Waals surface area contributed by atoms with Crippen molar-refractivity contribution in [3.05, 3.63) is 17.5 Å². The Morgan fingerprint density at radius 3 is 3.00 bits per heavy atom. The first kappa shape index (κ1) is 14.9. The summed E-state index contributed by atoms with van der Waals surface area (Å²) in [6.45, 7) is 4.67. The minimum absolute atomic E-state index is 0.0771. The van der Waals surface area contributed by atoms with E-state index in [9.17, 15) is 4.79 Å². The van der Waals surface area contributed by atoms with Crippen molar-refractivity contribution in [2.75, 3.05) is 18.6 Å². The first-order chi connectivity index (χ1) is 8.61. The van der Waals surface area contributed by atoms with E-state index in [1.807, 2.05) is 19.9 Å². The van der Waals surface area contributed by atoms with Crippen molar-refractivity contribution in [3.63, 3.8) is 0 Å². The zero-order valence-corrected chi connectivity index (χ0v) is 12.1. The molecule has 0 radical (unpaired) electrons. The van der Waals surface area contributed by atoms with Crippen molar-refractivity contribution in [1.82, 2.24) is 20.8 Å². The van der Waals surface area contributed by atoms with Crippen LogP contribution in [-0.4, -0.2) is 40.8 Å². The van der Waals surface area contributed by atoms with Crippen molar-refractivity contribution in [1.29, 1.82) is 0 Å². The summed E-state index contributed by atoms with van der Waals surface area (Å²) >= 11 is 1.79. The molecule has 0 aliphatic carbocycles. The largest absolute Gasteiger partial charge is 0.338 e. The fraction of sp³-hybridized carbons (Fsp3) is 0.667. The maximum atomic E-state index is 11.6. The number of H-pyrrole nitrogens is 1. The van der Waals surface area contributed by atoms with Gasteiger partial charge in [-0.05, 0) is 38.3 Å². The number of thioether (sulfide) groups is 1. The standard InChI is InChI=1S/C12H22N4OS/c1-9(7-11-8-10(2)15-16-11)14-12(17)13-5-4-6-18-3/h8-9H,4-7H2,1-3H3,(H,15,16)(H2,13,14,17). The Morgan fingerprint density at radius 1 is 1.61 bits per heavy atom. The van der Waals surface area contributed by atoms with Crippen LogP contribution in [0.5, 0.6) is 0 Å². The van der Waals surface area contributed by atoms with Crippen LogP contribution >= 0.6 is 11.8 Å². The van der Waals surface area contributed by atoms with Gasteiger partial charge in [-0.25, -0.2) is 4.79 Å². The van der Waals surface area contributed by atoms with Gasteiger partial charge in [-0.3, -0.25) is 5.10 Å². The third kappa shape index (κ3) is 5.95. The number of nitrogens with zero attached hydrogens (tertiary/aromatic N) is 1. The number of hydrogen-bond acceptors (Lipinski definition) is 3. The van der Waals surface area contributed by atoms with Gasteiger partial charge in [0.1, 0.15) is 0 Å². The maximum Gasteiger partial charge on any atom is 0.315 e. The molecule has 5 nitrogen and oxygen atoms in total. The predicted octanol–water partition coefficient (Wildman–Crippen LogP) is 1.70. The molecule has 1 rings (SSSR count). The Kier molecular flexibility index (Phi) is 6.64. The highest BCUT2D eigenvalue weighted by Gasteiger charge is 2.09. The van der Waals surface area contributed by atoms with Gasteiger partial charge in [0.2, 0.25) is 0 Å². The van der Waals surface area contributed by atoms with Crippen LogP contribution in [0, 0.1) is 6.92 Å². The van der Waals surface area contributed by atoms with E-state index >= 15 is 0 Å². The average Bonchev–Trinajstić information content (AvgIpc) is 2.70. The van der Waals surface area contributed by atoms with Gasteiger partial charge in [0.25, 0.3) is 0 Å². The Labute approximate surface area is 112 Å². The van der Waals surface area contributed by atoms with Crippen molar-refractivity contribution in [2.24, 2.45) is 0 Å². The fourth-order valence-corrected chi connectivity index (χ4v) is 2.07. The number of hydrogen-bond donors (Lipinski definition) is 3. The molecule has 1 aromatic heterocycles. The normalized spacial score (nSPS) is 12.2. The summed E-state index contributed by atoms with van der Waals surface area (Å²) in [4.78, 5) is 11.6. The van der Waals surface area contributed by atoms with E-state index in [0.717, 1.165) is 36.5 Å². The van der Waals surface area contributed by atoms with Crippen LogP contribution in [-0.2, 0) is 6.42 Å². The third-order valence-electron chi connectivity index (χ3n) is 2.46. The van der Waals surface area contributed by atoms with Crippen molar-refractivity contribution >= 4 is 17.8 Å². The lowest BCUT2D eigenvalue weighted by atomic mass is 10.2. The summed E-state index contributed by atoms with van der Waals surface area (Å²) in [5.41, 5.74) is 2.02. The predicted molar refractivity (Wildman–Crippen MR) is 76.0 cm³/mol. The monoisotopic (exact) mass is 270 g/mol. The highest BCUT2D eigenvalue weighted by atomic mass is 32.2. The first-order valence-corrected chi connectivity index (χ1v) is 7.55. The molecule has 3 N–H and O–H groups in total. The molecular formula is C12H22N4OS. The molecule has 0 fully saturated rings. The summed E-state index contributed by atoms with van der Waals surface area (Å²) in [6.07, 6.45) is 3.80. The summed E-state index contributed by atoms with van der Waals surface area (Å²) in [6, 6.07) is 1.97. The van der Waals surface area contributed by atoms with Crippen molar-refractivity contribution < 1.29 is 4.79 Å². The van der Waals surface area contributed by atoms with E-state index in [2.05, 4.69) is 27.1 Å². The van der Waals surface area contributed by atoms with E-state index in [1.165, 1.54) is 0 Å². The summed E-state index contributed by atoms with van der Waals surface area (Å²) < 4.78 is 0. The molecule has 2 amide bonds. The molecule has 1 heterocycles. The van der Waals surface area contributed by atoms with Crippen LogP contribution in [0.1, 0.15) is 24.7 Å². The third-order valence-corrected chi connectivity index (χ3v) is 3.16. The zero-order valence-electron chi connectivity index (χ0n) is 11.2. The second kappa shape index (κ2) is 8.02. The summed E-state index contributed by atoms with van der Waals surface area (Å²) in [7, 11) is 0. The second-order valence-corrected chi connectivity index (χ2v) is 5.38. The first-order valence-electron chi connectivity index (χ1n) is 6.16. The Balaban J connectivity index is 2.19. The minimum Gasteiger partial charge on any atom is -0.338 e. The molecule has 0 spiro atoms. The van der Waals surface area contributed by atoms with E-state index in [4.69, 9.17) is 0 Å². The molecular weight excluding hydrogens is 248 g/mol. The number of aromatic nitrogens is 2. The molecule has 0 saturated heterocycles. The van der Waals surface area contributed by atoms with E-state index in [0.29, 0.717) is 0 Å².